The molecule has 3 aromatic rings. The average Bonchev–Trinajstić information content (AvgIpc) is 3.05. The maximum atomic E-state index is 12.7. The molecule has 1 aliphatic heterocycles. The molecule has 2 aromatic heterocycles. The summed E-state index contributed by atoms with van der Waals surface area (Å²) in [5.74, 6) is 0.567. The fourth-order valence-electron chi connectivity index (χ4n) is 4.03. The summed E-state index contributed by atoms with van der Waals surface area (Å²) in [7, 11) is 1.72. The molecule has 7 heteroatoms. The van der Waals surface area contributed by atoms with Crippen molar-refractivity contribution in [1.82, 2.24) is 19.7 Å². The lowest BCUT2D eigenvalue weighted by Crippen LogP contribution is -2.40. The predicted molar refractivity (Wildman–Crippen MR) is 106 cm³/mol. The third kappa shape index (κ3) is 3.23. The van der Waals surface area contributed by atoms with Gasteiger partial charge in [-0.2, -0.15) is 4.98 Å². The fraction of sp³-hybridized carbons (Fsp3) is 0.450. The normalized spacial score (nSPS) is 17.6. The number of aromatic amines is 1. The molecule has 1 aromatic carbocycles. The number of H-pyrrole nitrogens is 1. The number of benzene rings is 1. The minimum atomic E-state index is -0.164. The number of nitrogens with zero attached hydrogens (tertiary/aromatic N) is 4. The number of hydrogen-bond acceptors (Lipinski definition) is 5. The number of rotatable bonds is 3. The van der Waals surface area contributed by atoms with Crippen LogP contribution in [0.3, 0.4) is 0 Å². The van der Waals surface area contributed by atoms with Gasteiger partial charge in [-0.3, -0.25) is 9.78 Å². The second-order valence-electron chi connectivity index (χ2n) is 7.39. The standard InChI is InChI=1S/C20H25N5O2/c1-12-8-13(2)17(14(3)9-12)25-11-16-18(23-25)21-20(22-19(16)26)24-7-5-6-15(10-24)27-4/h8-9,11,15H,5-7,10H2,1-4H3,(H,21,22,23,26). The van der Waals surface area contributed by atoms with Crippen molar-refractivity contribution in [2.24, 2.45) is 0 Å². The molecule has 1 aliphatic rings. The molecule has 0 aliphatic carbocycles. The lowest BCUT2D eigenvalue weighted by molar-refractivity contribution is 0.0889. The highest BCUT2D eigenvalue weighted by Crippen LogP contribution is 2.23. The lowest BCUT2D eigenvalue weighted by atomic mass is 10.1. The Kier molecular flexibility index (Phi) is 4.47. The molecule has 1 saturated heterocycles. The van der Waals surface area contributed by atoms with Crippen LogP contribution in [-0.2, 0) is 4.74 Å². The molecule has 142 valence electrons. The van der Waals surface area contributed by atoms with Crippen molar-refractivity contribution >= 4 is 17.0 Å². The average molecular weight is 367 g/mol. The molecular weight excluding hydrogens is 342 g/mol. The van der Waals surface area contributed by atoms with Crippen LogP contribution in [-0.4, -0.2) is 46.1 Å². The highest BCUT2D eigenvalue weighted by atomic mass is 16.5. The van der Waals surface area contributed by atoms with Gasteiger partial charge in [-0.05, 0) is 44.7 Å². The first-order valence-corrected chi connectivity index (χ1v) is 9.32. The van der Waals surface area contributed by atoms with Gasteiger partial charge in [0.05, 0.1) is 11.8 Å². The van der Waals surface area contributed by atoms with Crippen molar-refractivity contribution in [2.75, 3.05) is 25.1 Å². The van der Waals surface area contributed by atoms with Gasteiger partial charge in [-0.25, -0.2) is 4.68 Å². The van der Waals surface area contributed by atoms with Gasteiger partial charge < -0.3 is 9.64 Å². The van der Waals surface area contributed by atoms with E-state index in [0.29, 0.717) is 17.0 Å². The molecule has 1 atom stereocenters. The number of piperidine rings is 1. The molecule has 0 radical (unpaired) electrons. The van der Waals surface area contributed by atoms with Gasteiger partial charge in [0.15, 0.2) is 5.65 Å². The molecule has 0 saturated carbocycles. The third-order valence-corrected chi connectivity index (χ3v) is 5.25. The number of methoxy groups -OCH3 is 1. The number of hydrogen-bond donors (Lipinski definition) is 1. The first-order chi connectivity index (χ1) is 13.0. The smallest absolute Gasteiger partial charge is 0.263 e. The SMILES string of the molecule is COC1CCCN(c2nc3nn(-c4c(C)cc(C)cc4C)cc3c(=O)[nH]2)C1. The lowest BCUT2D eigenvalue weighted by Gasteiger charge is -2.32. The molecule has 4 rings (SSSR count). The quantitative estimate of drug-likeness (QED) is 0.770. The highest BCUT2D eigenvalue weighted by Gasteiger charge is 2.22. The summed E-state index contributed by atoms with van der Waals surface area (Å²) in [6.45, 7) is 7.77. The number of anilines is 1. The van der Waals surface area contributed by atoms with E-state index in [1.807, 2.05) is 0 Å². The van der Waals surface area contributed by atoms with Crippen molar-refractivity contribution in [3.05, 3.63) is 45.4 Å². The molecular formula is C20H25N5O2. The molecule has 1 fully saturated rings. The van der Waals surface area contributed by atoms with E-state index in [1.54, 1.807) is 18.0 Å². The van der Waals surface area contributed by atoms with E-state index in [9.17, 15) is 4.79 Å². The summed E-state index contributed by atoms with van der Waals surface area (Å²) in [6, 6.07) is 4.24. The molecule has 3 heterocycles. The van der Waals surface area contributed by atoms with Crippen LogP contribution in [0, 0.1) is 20.8 Å². The third-order valence-electron chi connectivity index (χ3n) is 5.25. The van der Waals surface area contributed by atoms with Crippen molar-refractivity contribution in [3.8, 4) is 5.69 Å². The van der Waals surface area contributed by atoms with E-state index >= 15 is 0 Å². The van der Waals surface area contributed by atoms with E-state index < -0.39 is 0 Å². The minimum absolute atomic E-state index is 0.162. The molecule has 0 bridgehead atoms. The van der Waals surface area contributed by atoms with Gasteiger partial charge in [0, 0.05) is 26.4 Å². The maximum Gasteiger partial charge on any atom is 0.263 e. The Balaban J connectivity index is 1.78. The summed E-state index contributed by atoms with van der Waals surface area (Å²) in [4.78, 5) is 22.3. The maximum absolute atomic E-state index is 12.7. The zero-order valence-electron chi connectivity index (χ0n) is 16.2. The van der Waals surface area contributed by atoms with Crippen LogP contribution < -0.4 is 10.5 Å². The number of aryl methyl sites for hydroxylation is 3. The van der Waals surface area contributed by atoms with Gasteiger partial charge in [0.2, 0.25) is 5.95 Å². The van der Waals surface area contributed by atoms with E-state index in [-0.39, 0.29) is 11.7 Å². The van der Waals surface area contributed by atoms with Crippen LogP contribution in [0.4, 0.5) is 5.95 Å². The van der Waals surface area contributed by atoms with E-state index in [4.69, 9.17) is 4.74 Å². The molecule has 0 spiro atoms. The Bertz CT molecular complexity index is 1030. The van der Waals surface area contributed by atoms with E-state index in [1.165, 1.54) is 5.56 Å². The largest absolute Gasteiger partial charge is 0.380 e. The summed E-state index contributed by atoms with van der Waals surface area (Å²) in [5.41, 5.74) is 4.75. The predicted octanol–water partition coefficient (Wildman–Crippen LogP) is 2.65. The second-order valence-corrected chi connectivity index (χ2v) is 7.39. The Morgan fingerprint density at radius 3 is 2.67 bits per heavy atom. The van der Waals surface area contributed by atoms with Gasteiger partial charge in [-0.1, -0.05) is 17.7 Å². The second kappa shape index (κ2) is 6.81. The van der Waals surface area contributed by atoms with Gasteiger partial charge in [0.25, 0.3) is 5.56 Å². The Labute approximate surface area is 158 Å². The molecule has 1 N–H and O–H groups in total. The zero-order chi connectivity index (χ0) is 19.1. The minimum Gasteiger partial charge on any atom is -0.380 e. The van der Waals surface area contributed by atoms with Crippen LogP contribution >= 0.6 is 0 Å². The van der Waals surface area contributed by atoms with Crippen LogP contribution in [0.15, 0.2) is 23.1 Å². The number of ether oxygens (including phenoxy) is 1. The van der Waals surface area contributed by atoms with Crippen molar-refractivity contribution < 1.29 is 4.74 Å². The summed E-state index contributed by atoms with van der Waals surface area (Å²) in [5, 5.41) is 5.12. The number of aromatic nitrogens is 4. The number of nitrogens with one attached hydrogen (secondary N) is 1. The zero-order valence-corrected chi connectivity index (χ0v) is 16.2. The Morgan fingerprint density at radius 2 is 1.96 bits per heavy atom. The van der Waals surface area contributed by atoms with Crippen molar-refractivity contribution in [2.45, 2.75) is 39.7 Å². The van der Waals surface area contributed by atoms with E-state index in [2.05, 4.69) is 52.9 Å². The van der Waals surface area contributed by atoms with E-state index in [0.717, 1.165) is 42.7 Å². The highest BCUT2D eigenvalue weighted by molar-refractivity contribution is 5.75. The van der Waals surface area contributed by atoms with Gasteiger partial charge in [-0.15, -0.1) is 5.10 Å². The molecule has 27 heavy (non-hydrogen) atoms. The summed E-state index contributed by atoms with van der Waals surface area (Å²) in [6.07, 6.45) is 3.97. The monoisotopic (exact) mass is 367 g/mol. The van der Waals surface area contributed by atoms with Crippen molar-refractivity contribution in [1.29, 1.82) is 0 Å². The van der Waals surface area contributed by atoms with Crippen LogP contribution in [0.5, 0.6) is 0 Å². The van der Waals surface area contributed by atoms with Gasteiger partial charge in [0.1, 0.15) is 5.39 Å². The summed E-state index contributed by atoms with van der Waals surface area (Å²) >= 11 is 0. The Hall–Kier alpha value is -2.67. The van der Waals surface area contributed by atoms with Gasteiger partial charge >= 0.3 is 0 Å². The van der Waals surface area contributed by atoms with Crippen LogP contribution in [0.25, 0.3) is 16.7 Å². The summed E-state index contributed by atoms with van der Waals surface area (Å²) < 4.78 is 7.25. The first kappa shape index (κ1) is 17.7. The number of fused-ring (bicyclic) bond motifs is 1. The molecule has 1 unspecified atom stereocenters. The first-order valence-electron chi connectivity index (χ1n) is 9.32. The molecule has 7 nitrogen and oxygen atoms in total. The Morgan fingerprint density at radius 1 is 1.22 bits per heavy atom. The van der Waals surface area contributed by atoms with Crippen molar-refractivity contribution in [3.63, 3.8) is 0 Å². The topological polar surface area (TPSA) is 76.0 Å². The molecule has 0 amide bonds. The van der Waals surface area contributed by atoms with Crippen LogP contribution in [0.1, 0.15) is 29.5 Å². The fourth-order valence-corrected chi connectivity index (χ4v) is 4.03. The van der Waals surface area contributed by atoms with Crippen LogP contribution in [0.2, 0.25) is 0 Å².